The molecule has 4 nitrogen and oxygen atoms in total. The third-order valence-corrected chi connectivity index (χ3v) is 5.72. The van der Waals surface area contributed by atoms with Crippen LogP contribution in [-0.2, 0) is 9.84 Å². The first kappa shape index (κ1) is 15.3. The van der Waals surface area contributed by atoms with E-state index in [0.29, 0.717) is 18.8 Å². The molecule has 5 heteroatoms. The quantitative estimate of drug-likeness (QED) is 0.876. The van der Waals surface area contributed by atoms with Gasteiger partial charge < -0.3 is 10.5 Å². The van der Waals surface area contributed by atoms with Gasteiger partial charge >= 0.3 is 0 Å². The SMILES string of the molecule is CCCS(=O)(=O)c1ccccc1OCC1(N)CCCC1. The molecular formula is C15H23NO3S. The van der Waals surface area contributed by atoms with Gasteiger partial charge in [-0.3, -0.25) is 0 Å². The van der Waals surface area contributed by atoms with Gasteiger partial charge in [-0.25, -0.2) is 8.42 Å². The van der Waals surface area contributed by atoms with Gasteiger partial charge in [0.2, 0.25) is 0 Å². The molecule has 0 unspecified atom stereocenters. The van der Waals surface area contributed by atoms with Gasteiger partial charge in [-0.15, -0.1) is 0 Å². The molecule has 1 aliphatic carbocycles. The van der Waals surface area contributed by atoms with Crippen LogP contribution in [0.5, 0.6) is 5.75 Å². The Morgan fingerprint density at radius 3 is 2.55 bits per heavy atom. The Balaban J connectivity index is 2.16. The second-order valence-corrected chi connectivity index (χ2v) is 7.70. The predicted octanol–water partition coefficient (Wildman–Crippen LogP) is 2.52. The highest BCUT2D eigenvalue weighted by molar-refractivity contribution is 7.91. The number of rotatable bonds is 6. The van der Waals surface area contributed by atoms with Crippen molar-refractivity contribution in [1.29, 1.82) is 0 Å². The maximum Gasteiger partial charge on any atom is 0.182 e. The zero-order valence-electron chi connectivity index (χ0n) is 12.0. The summed E-state index contributed by atoms with van der Waals surface area (Å²) in [7, 11) is -3.27. The molecule has 0 aromatic heterocycles. The van der Waals surface area contributed by atoms with Crippen LogP contribution in [0.15, 0.2) is 29.2 Å². The number of nitrogens with two attached hydrogens (primary N) is 1. The van der Waals surface area contributed by atoms with Crippen molar-refractivity contribution in [3.63, 3.8) is 0 Å². The van der Waals surface area contributed by atoms with E-state index in [1.165, 1.54) is 0 Å². The fourth-order valence-electron chi connectivity index (χ4n) is 2.65. The fraction of sp³-hybridized carbons (Fsp3) is 0.600. The molecule has 2 rings (SSSR count). The topological polar surface area (TPSA) is 69.4 Å². The molecular weight excluding hydrogens is 274 g/mol. The highest BCUT2D eigenvalue weighted by Gasteiger charge is 2.30. The first-order valence-corrected chi connectivity index (χ1v) is 8.85. The van der Waals surface area contributed by atoms with Gasteiger partial charge in [0.25, 0.3) is 0 Å². The van der Waals surface area contributed by atoms with Crippen LogP contribution in [0, 0.1) is 0 Å². The number of benzene rings is 1. The largest absolute Gasteiger partial charge is 0.490 e. The Morgan fingerprint density at radius 2 is 1.90 bits per heavy atom. The van der Waals surface area contributed by atoms with E-state index in [-0.39, 0.29) is 16.2 Å². The van der Waals surface area contributed by atoms with Crippen molar-refractivity contribution in [3.05, 3.63) is 24.3 Å². The Labute approximate surface area is 121 Å². The minimum Gasteiger partial charge on any atom is -0.490 e. The van der Waals surface area contributed by atoms with Gasteiger partial charge in [0.05, 0.1) is 11.3 Å². The number of hydrogen-bond donors (Lipinski definition) is 1. The van der Waals surface area contributed by atoms with Crippen molar-refractivity contribution < 1.29 is 13.2 Å². The fourth-order valence-corrected chi connectivity index (χ4v) is 4.13. The number of para-hydroxylation sites is 1. The summed E-state index contributed by atoms with van der Waals surface area (Å²) in [5.41, 5.74) is 5.95. The summed E-state index contributed by atoms with van der Waals surface area (Å²) in [6.45, 7) is 2.24. The molecule has 20 heavy (non-hydrogen) atoms. The van der Waals surface area contributed by atoms with Crippen LogP contribution in [0.4, 0.5) is 0 Å². The Morgan fingerprint density at radius 1 is 1.25 bits per heavy atom. The average molecular weight is 297 g/mol. The van der Waals surface area contributed by atoms with Crippen molar-refractivity contribution in [2.24, 2.45) is 5.73 Å². The molecule has 1 aliphatic rings. The maximum atomic E-state index is 12.2. The molecule has 0 bridgehead atoms. The molecule has 1 aromatic rings. The van der Waals surface area contributed by atoms with Gasteiger partial charge in [-0.2, -0.15) is 0 Å². The van der Waals surface area contributed by atoms with Gasteiger partial charge in [0, 0.05) is 0 Å². The van der Waals surface area contributed by atoms with Crippen molar-refractivity contribution in [2.75, 3.05) is 12.4 Å². The normalized spacial score (nSPS) is 18.1. The minimum atomic E-state index is -3.27. The van der Waals surface area contributed by atoms with E-state index in [9.17, 15) is 8.42 Å². The van der Waals surface area contributed by atoms with Gasteiger partial charge in [-0.05, 0) is 31.4 Å². The summed E-state index contributed by atoms with van der Waals surface area (Å²) in [4.78, 5) is 0.281. The van der Waals surface area contributed by atoms with E-state index < -0.39 is 9.84 Å². The maximum absolute atomic E-state index is 12.2. The predicted molar refractivity (Wildman–Crippen MR) is 79.7 cm³/mol. The number of sulfone groups is 1. The van der Waals surface area contributed by atoms with Crippen molar-refractivity contribution >= 4 is 9.84 Å². The van der Waals surface area contributed by atoms with Crippen LogP contribution in [0.25, 0.3) is 0 Å². The summed E-state index contributed by atoms with van der Waals surface area (Å²) >= 11 is 0. The molecule has 0 atom stereocenters. The molecule has 1 fully saturated rings. The van der Waals surface area contributed by atoms with Crippen LogP contribution in [0.3, 0.4) is 0 Å². The Kier molecular flexibility index (Phi) is 4.70. The number of hydrogen-bond acceptors (Lipinski definition) is 4. The monoisotopic (exact) mass is 297 g/mol. The highest BCUT2D eigenvalue weighted by Crippen LogP contribution is 2.30. The lowest BCUT2D eigenvalue weighted by Gasteiger charge is -2.24. The molecule has 112 valence electrons. The highest BCUT2D eigenvalue weighted by atomic mass is 32.2. The molecule has 1 saturated carbocycles. The Hall–Kier alpha value is -1.07. The summed E-state index contributed by atoms with van der Waals surface area (Å²) in [6.07, 6.45) is 4.72. The summed E-state index contributed by atoms with van der Waals surface area (Å²) in [6, 6.07) is 6.83. The lowest BCUT2D eigenvalue weighted by atomic mass is 10.0. The van der Waals surface area contributed by atoms with Gasteiger partial charge in [0.1, 0.15) is 17.3 Å². The smallest absolute Gasteiger partial charge is 0.182 e. The number of ether oxygens (including phenoxy) is 1. The second kappa shape index (κ2) is 6.14. The van der Waals surface area contributed by atoms with Crippen molar-refractivity contribution in [1.82, 2.24) is 0 Å². The van der Waals surface area contributed by atoms with Crippen molar-refractivity contribution in [2.45, 2.75) is 49.5 Å². The lowest BCUT2D eigenvalue weighted by molar-refractivity contribution is 0.216. The molecule has 0 aliphatic heterocycles. The van der Waals surface area contributed by atoms with Crippen LogP contribution in [-0.4, -0.2) is 26.3 Å². The lowest BCUT2D eigenvalue weighted by Crippen LogP contribution is -2.42. The molecule has 0 amide bonds. The van der Waals surface area contributed by atoms with E-state index in [1.807, 2.05) is 6.92 Å². The molecule has 0 heterocycles. The minimum absolute atomic E-state index is 0.140. The molecule has 2 N–H and O–H groups in total. The standard InChI is InChI=1S/C15H23NO3S/c1-2-11-20(17,18)14-8-4-3-7-13(14)19-12-15(16)9-5-6-10-15/h3-4,7-8H,2,5-6,9-12,16H2,1H3. The van der Waals surface area contributed by atoms with E-state index in [2.05, 4.69) is 0 Å². The summed E-state index contributed by atoms with van der Waals surface area (Å²) in [5.74, 6) is 0.568. The van der Waals surface area contributed by atoms with E-state index in [0.717, 1.165) is 25.7 Å². The molecule has 1 aromatic carbocycles. The zero-order valence-corrected chi connectivity index (χ0v) is 12.8. The van der Waals surface area contributed by atoms with Crippen molar-refractivity contribution in [3.8, 4) is 5.75 Å². The van der Waals surface area contributed by atoms with E-state index in [4.69, 9.17) is 10.5 Å². The molecule has 0 saturated heterocycles. The van der Waals surface area contributed by atoms with Crippen LogP contribution in [0.2, 0.25) is 0 Å². The zero-order chi connectivity index (χ0) is 14.6. The van der Waals surface area contributed by atoms with Crippen LogP contribution >= 0.6 is 0 Å². The Bertz CT molecular complexity index is 548. The third kappa shape index (κ3) is 3.52. The summed E-state index contributed by atoms with van der Waals surface area (Å²) in [5, 5.41) is 0. The van der Waals surface area contributed by atoms with E-state index >= 15 is 0 Å². The molecule has 0 radical (unpaired) electrons. The van der Waals surface area contributed by atoms with Crippen LogP contribution < -0.4 is 10.5 Å². The first-order valence-electron chi connectivity index (χ1n) is 7.20. The second-order valence-electron chi connectivity index (χ2n) is 5.62. The third-order valence-electron chi connectivity index (χ3n) is 3.77. The molecule has 0 spiro atoms. The first-order chi connectivity index (χ1) is 9.47. The van der Waals surface area contributed by atoms with Gasteiger partial charge in [0.15, 0.2) is 9.84 Å². The summed E-state index contributed by atoms with van der Waals surface area (Å²) < 4.78 is 30.2. The average Bonchev–Trinajstić information content (AvgIpc) is 2.84. The van der Waals surface area contributed by atoms with Crippen LogP contribution in [0.1, 0.15) is 39.0 Å². The van der Waals surface area contributed by atoms with E-state index in [1.54, 1.807) is 24.3 Å². The van der Waals surface area contributed by atoms with Gasteiger partial charge in [-0.1, -0.05) is 31.9 Å².